The molecule has 0 spiro atoms. The molecule has 1 aromatic carbocycles. The zero-order chi connectivity index (χ0) is 14.2. The van der Waals surface area contributed by atoms with Crippen molar-refractivity contribution in [3.63, 3.8) is 0 Å². The highest BCUT2D eigenvalue weighted by Gasteiger charge is 2.38. The minimum absolute atomic E-state index is 0.145. The molecule has 0 aromatic heterocycles. The van der Waals surface area contributed by atoms with Gasteiger partial charge in [0.25, 0.3) is 0 Å². The van der Waals surface area contributed by atoms with E-state index in [1.54, 1.807) is 0 Å². The standard InChI is InChI=1S/C18H23NO/c1-13-5-7-18(12-19,8-6-13)11-16-10-15-9-14(2)3-4-17(15)20-16/h3-4,9,13,16H,5-8,10-11H2,1-2H3. The Bertz CT molecular complexity index is 535. The molecule has 1 atom stereocenters. The molecule has 0 radical (unpaired) electrons. The summed E-state index contributed by atoms with van der Waals surface area (Å²) in [6.45, 7) is 4.42. The second-order valence-electron chi connectivity index (χ2n) is 6.83. The molecule has 1 saturated carbocycles. The summed E-state index contributed by atoms with van der Waals surface area (Å²) in [5.41, 5.74) is 2.45. The number of benzene rings is 1. The van der Waals surface area contributed by atoms with Crippen LogP contribution in [0.2, 0.25) is 0 Å². The van der Waals surface area contributed by atoms with Crippen molar-refractivity contribution in [2.24, 2.45) is 11.3 Å². The first-order valence-electron chi connectivity index (χ1n) is 7.78. The Kier molecular flexibility index (Phi) is 3.46. The van der Waals surface area contributed by atoms with Crippen LogP contribution in [0.1, 0.15) is 50.2 Å². The summed E-state index contributed by atoms with van der Waals surface area (Å²) < 4.78 is 6.07. The molecule has 1 unspecified atom stereocenters. The largest absolute Gasteiger partial charge is 0.490 e. The van der Waals surface area contributed by atoms with E-state index in [0.717, 1.165) is 37.4 Å². The van der Waals surface area contributed by atoms with Crippen molar-refractivity contribution in [3.05, 3.63) is 29.3 Å². The molecule has 2 heteroatoms. The second kappa shape index (κ2) is 5.13. The number of fused-ring (bicyclic) bond motifs is 1. The van der Waals surface area contributed by atoms with E-state index in [-0.39, 0.29) is 11.5 Å². The lowest BCUT2D eigenvalue weighted by Gasteiger charge is -2.35. The third kappa shape index (κ3) is 2.54. The van der Waals surface area contributed by atoms with E-state index >= 15 is 0 Å². The van der Waals surface area contributed by atoms with Gasteiger partial charge in [-0.15, -0.1) is 0 Å². The van der Waals surface area contributed by atoms with Gasteiger partial charge in [0, 0.05) is 12.8 Å². The predicted molar refractivity (Wildman–Crippen MR) is 79.6 cm³/mol. The zero-order valence-corrected chi connectivity index (χ0v) is 12.5. The number of hydrogen-bond acceptors (Lipinski definition) is 2. The number of aryl methyl sites for hydroxylation is 1. The minimum Gasteiger partial charge on any atom is -0.490 e. The minimum atomic E-state index is -0.145. The zero-order valence-electron chi connectivity index (χ0n) is 12.5. The lowest BCUT2D eigenvalue weighted by atomic mass is 9.69. The van der Waals surface area contributed by atoms with Crippen molar-refractivity contribution in [1.29, 1.82) is 5.26 Å². The Labute approximate surface area is 121 Å². The molecule has 1 aliphatic heterocycles. The first-order valence-corrected chi connectivity index (χ1v) is 7.78. The topological polar surface area (TPSA) is 33.0 Å². The smallest absolute Gasteiger partial charge is 0.123 e. The molecular weight excluding hydrogens is 246 g/mol. The van der Waals surface area contributed by atoms with Crippen molar-refractivity contribution in [2.75, 3.05) is 0 Å². The molecule has 0 N–H and O–H groups in total. The molecule has 1 heterocycles. The average Bonchev–Trinajstić information content (AvgIpc) is 2.83. The van der Waals surface area contributed by atoms with Gasteiger partial charge in [0.15, 0.2) is 0 Å². The van der Waals surface area contributed by atoms with Gasteiger partial charge in [-0.1, -0.05) is 24.6 Å². The quantitative estimate of drug-likeness (QED) is 0.796. The van der Waals surface area contributed by atoms with E-state index in [0.29, 0.717) is 0 Å². The van der Waals surface area contributed by atoms with Gasteiger partial charge in [0.05, 0.1) is 11.5 Å². The Morgan fingerprint density at radius 1 is 1.35 bits per heavy atom. The van der Waals surface area contributed by atoms with Crippen LogP contribution in [-0.4, -0.2) is 6.10 Å². The number of hydrogen-bond donors (Lipinski definition) is 0. The fraction of sp³-hybridized carbons (Fsp3) is 0.611. The number of ether oxygens (including phenoxy) is 1. The Morgan fingerprint density at radius 3 is 2.80 bits per heavy atom. The molecule has 1 aliphatic carbocycles. The highest BCUT2D eigenvalue weighted by atomic mass is 16.5. The van der Waals surface area contributed by atoms with E-state index < -0.39 is 0 Å². The summed E-state index contributed by atoms with van der Waals surface area (Å²) in [4.78, 5) is 0. The van der Waals surface area contributed by atoms with Gasteiger partial charge in [0.1, 0.15) is 11.9 Å². The number of rotatable bonds is 2. The summed E-state index contributed by atoms with van der Waals surface area (Å²) in [6, 6.07) is 9.02. The van der Waals surface area contributed by atoms with Crippen LogP contribution in [0.4, 0.5) is 0 Å². The van der Waals surface area contributed by atoms with Crippen molar-refractivity contribution in [2.45, 2.75) is 58.5 Å². The normalized spacial score (nSPS) is 32.2. The fourth-order valence-corrected chi connectivity index (χ4v) is 3.68. The van der Waals surface area contributed by atoms with Gasteiger partial charge >= 0.3 is 0 Å². The van der Waals surface area contributed by atoms with Crippen LogP contribution >= 0.6 is 0 Å². The number of nitriles is 1. The summed E-state index contributed by atoms with van der Waals surface area (Å²) >= 11 is 0. The lowest BCUT2D eigenvalue weighted by molar-refractivity contribution is 0.124. The van der Waals surface area contributed by atoms with Crippen LogP contribution in [0.15, 0.2) is 18.2 Å². The Morgan fingerprint density at radius 2 is 2.10 bits per heavy atom. The highest BCUT2D eigenvalue weighted by Crippen LogP contribution is 2.44. The molecule has 106 valence electrons. The van der Waals surface area contributed by atoms with Crippen molar-refractivity contribution >= 4 is 0 Å². The summed E-state index contributed by atoms with van der Waals surface area (Å²) in [5.74, 6) is 1.80. The summed E-state index contributed by atoms with van der Waals surface area (Å²) in [6.07, 6.45) is 6.51. The summed E-state index contributed by atoms with van der Waals surface area (Å²) in [7, 11) is 0. The average molecular weight is 269 g/mol. The second-order valence-corrected chi connectivity index (χ2v) is 6.83. The van der Waals surface area contributed by atoms with E-state index in [2.05, 4.69) is 38.1 Å². The maximum atomic E-state index is 9.64. The third-order valence-corrected chi connectivity index (χ3v) is 5.04. The first kappa shape index (κ1) is 13.5. The third-order valence-electron chi connectivity index (χ3n) is 5.04. The van der Waals surface area contributed by atoms with Gasteiger partial charge in [-0.2, -0.15) is 5.26 Å². The molecule has 20 heavy (non-hydrogen) atoms. The maximum absolute atomic E-state index is 9.64. The fourth-order valence-electron chi connectivity index (χ4n) is 3.68. The lowest BCUT2D eigenvalue weighted by Crippen LogP contribution is -2.31. The molecule has 0 amide bonds. The Balaban J connectivity index is 1.69. The van der Waals surface area contributed by atoms with E-state index in [1.165, 1.54) is 24.0 Å². The monoisotopic (exact) mass is 269 g/mol. The maximum Gasteiger partial charge on any atom is 0.123 e. The van der Waals surface area contributed by atoms with Crippen molar-refractivity contribution < 1.29 is 4.74 Å². The van der Waals surface area contributed by atoms with Crippen molar-refractivity contribution in [1.82, 2.24) is 0 Å². The Hall–Kier alpha value is -1.49. The molecule has 0 bridgehead atoms. The van der Waals surface area contributed by atoms with Gasteiger partial charge in [-0.25, -0.2) is 0 Å². The molecule has 2 aliphatic rings. The number of nitrogens with zero attached hydrogens (tertiary/aromatic N) is 1. The van der Waals surface area contributed by atoms with Gasteiger partial charge < -0.3 is 4.74 Å². The first-order chi connectivity index (χ1) is 9.60. The van der Waals surface area contributed by atoms with Crippen molar-refractivity contribution in [3.8, 4) is 11.8 Å². The molecule has 0 saturated heterocycles. The van der Waals surface area contributed by atoms with Gasteiger partial charge in [-0.3, -0.25) is 0 Å². The van der Waals surface area contributed by atoms with Crippen LogP contribution in [-0.2, 0) is 6.42 Å². The van der Waals surface area contributed by atoms with Crippen LogP contribution in [0.25, 0.3) is 0 Å². The molecule has 2 nitrogen and oxygen atoms in total. The van der Waals surface area contributed by atoms with E-state index in [9.17, 15) is 5.26 Å². The van der Waals surface area contributed by atoms with Crippen LogP contribution < -0.4 is 4.74 Å². The van der Waals surface area contributed by atoms with Crippen LogP contribution in [0, 0.1) is 29.6 Å². The van der Waals surface area contributed by atoms with Gasteiger partial charge in [0.2, 0.25) is 0 Å². The molecule has 1 fully saturated rings. The van der Waals surface area contributed by atoms with E-state index in [4.69, 9.17) is 4.74 Å². The molecule has 1 aromatic rings. The highest BCUT2D eigenvalue weighted by molar-refractivity contribution is 5.40. The van der Waals surface area contributed by atoms with Crippen LogP contribution in [0.5, 0.6) is 5.75 Å². The van der Waals surface area contributed by atoms with E-state index in [1.807, 2.05) is 0 Å². The predicted octanol–water partition coefficient (Wildman–Crippen LogP) is 4.41. The van der Waals surface area contributed by atoms with Gasteiger partial charge in [-0.05, 0) is 50.2 Å². The summed E-state index contributed by atoms with van der Waals surface area (Å²) in [5, 5.41) is 9.64. The molecule has 3 rings (SSSR count). The molecular formula is C18H23NO. The van der Waals surface area contributed by atoms with Crippen LogP contribution in [0.3, 0.4) is 0 Å². The SMILES string of the molecule is Cc1ccc2c(c1)CC(CC1(C#N)CCC(C)CC1)O2.